The molecule has 1 unspecified atom stereocenters. The zero-order valence-corrected chi connectivity index (χ0v) is 24.9. The third kappa shape index (κ3) is 7.64. The van der Waals surface area contributed by atoms with Crippen LogP contribution >= 0.6 is 0 Å². The fraction of sp³-hybridized carbons (Fsp3) is 0.394. The average molecular weight is 604 g/mol. The first-order chi connectivity index (χ1) is 21.4. The maximum atomic E-state index is 14.8. The molecule has 3 aromatic rings. The number of ether oxygens (including phenoxy) is 2. The number of halogens is 1. The van der Waals surface area contributed by atoms with Crippen LogP contribution in [-0.4, -0.2) is 67.4 Å². The fourth-order valence-electron chi connectivity index (χ4n) is 5.62. The number of fused-ring (bicyclic) bond motifs is 13. The van der Waals surface area contributed by atoms with Gasteiger partial charge in [-0.25, -0.2) is 9.37 Å². The van der Waals surface area contributed by atoms with Crippen LogP contribution in [0, 0.1) is 11.7 Å². The maximum Gasteiger partial charge on any atom is 0.251 e. The molecule has 2 bridgehead atoms. The first-order valence-electron chi connectivity index (χ1n) is 15.1. The molecule has 232 valence electrons. The third-order valence-corrected chi connectivity index (χ3v) is 7.96. The van der Waals surface area contributed by atoms with Crippen molar-refractivity contribution in [2.24, 2.45) is 5.92 Å². The molecule has 0 saturated carbocycles. The van der Waals surface area contributed by atoms with Crippen molar-refractivity contribution < 1.29 is 28.2 Å². The van der Waals surface area contributed by atoms with Crippen molar-refractivity contribution in [2.45, 2.75) is 38.6 Å². The lowest BCUT2D eigenvalue weighted by atomic mass is 9.96. The van der Waals surface area contributed by atoms with E-state index in [1.807, 2.05) is 18.2 Å². The molecule has 4 heterocycles. The summed E-state index contributed by atoms with van der Waals surface area (Å²) >= 11 is 0. The molecular formula is C33H38FN5O5. The highest BCUT2D eigenvalue weighted by Gasteiger charge is 2.30. The molecule has 3 amide bonds. The molecule has 1 aromatic heterocycles. The molecule has 0 spiro atoms. The number of aromatic nitrogens is 1. The summed E-state index contributed by atoms with van der Waals surface area (Å²) in [5, 5.41) is 5.71. The largest absolute Gasteiger partial charge is 0.493 e. The highest BCUT2D eigenvalue weighted by Crippen LogP contribution is 2.35. The number of piperidine rings is 1. The fourth-order valence-corrected chi connectivity index (χ4v) is 5.62. The van der Waals surface area contributed by atoms with E-state index in [0.29, 0.717) is 56.1 Å². The lowest BCUT2D eigenvalue weighted by molar-refractivity contribution is -0.136. The van der Waals surface area contributed by atoms with Crippen LogP contribution in [0.25, 0.3) is 0 Å². The van der Waals surface area contributed by atoms with Crippen LogP contribution in [0.4, 0.5) is 10.2 Å². The Balaban J connectivity index is 1.33. The van der Waals surface area contributed by atoms with E-state index in [-0.39, 0.29) is 47.9 Å². The van der Waals surface area contributed by atoms with Gasteiger partial charge in [0.1, 0.15) is 17.4 Å². The molecule has 1 saturated heterocycles. The summed E-state index contributed by atoms with van der Waals surface area (Å²) in [6.07, 6.45) is 4.58. The third-order valence-electron chi connectivity index (χ3n) is 7.96. The quantitative estimate of drug-likeness (QED) is 0.459. The Hall–Kier alpha value is -4.67. The molecule has 2 aromatic carbocycles. The number of pyridine rings is 1. The Morgan fingerprint density at radius 3 is 2.68 bits per heavy atom. The van der Waals surface area contributed by atoms with Crippen molar-refractivity contribution in [3.8, 4) is 17.2 Å². The van der Waals surface area contributed by atoms with Crippen molar-refractivity contribution in [3.05, 3.63) is 77.7 Å². The monoisotopic (exact) mass is 603 g/mol. The minimum Gasteiger partial charge on any atom is -0.493 e. The van der Waals surface area contributed by atoms with Crippen LogP contribution in [0.3, 0.4) is 0 Å². The number of carbonyl (C=O) groups is 3. The minimum absolute atomic E-state index is 0.0386. The Morgan fingerprint density at radius 1 is 1.00 bits per heavy atom. The van der Waals surface area contributed by atoms with Gasteiger partial charge in [-0.2, -0.15) is 0 Å². The van der Waals surface area contributed by atoms with Crippen LogP contribution in [0.2, 0.25) is 0 Å². The standard InChI is InChI=1S/C33H38FN5O5/c1-43-29-20-23-13-14-28(29)44-27-10-4-9-26(34)25(27)21-37-31(40)12-6-17-38(19-7-16-36-32(23)41)33(42)24-8-5-18-39(22-24)30-11-2-3-15-35-30/h2-4,9-11,13-15,20,24H,5-8,12,16-19,21-22H2,1H3,(H,36,41)(H,37,40). The van der Waals surface area contributed by atoms with E-state index in [2.05, 4.69) is 20.5 Å². The zero-order valence-electron chi connectivity index (χ0n) is 24.9. The van der Waals surface area contributed by atoms with Crippen LogP contribution < -0.4 is 25.0 Å². The van der Waals surface area contributed by atoms with E-state index >= 15 is 0 Å². The van der Waals surface area contributed by atoms with Gasteiger partial charge < -0.3 is 29.9 Å². The van der Waals surface area contributed by atoms with Gasteiger partial charge >= 0.3 is 0 Å². The topological polar surface area (TPSA) is 113 Å². The highest BCUT2D eigenvalue weighted by molar-refractivity contribution is 5.94. The predicted octanol–water partition coefficient (Wildman–Crippen LogP) is 4.30. The van der Waals surface area contributed by atoms with Gasteiger partial charge in [0.05, 0.1) is 13.0 Å². The summed E-state index contributed by atoms with van der Waals surface area (Å²) < 4.78 is 26.3. The normalized spacial score (nSPS) is 18.5. The molecule has 10 nitrogen and oxygen atoms in total. The Labute approximate surface area is 256 Å². The van der Waals surface area contributed by atoms with Gasteiger partial charge in [-0.1, -0.05) is 12.1 Å². The zero-order chi connectivity index (χ0) is 30.9. The Bertz CT molecular complexity index is 1470. The van der Waals surface area contributed by atoms with E-state index in [9.17, 15) is 18.8 Å². The second kappa shape index (κ2) is 14.7. The van der Waals surface area contributed by atoms with Crippen LogP contribution in [-0.2, 0) is 16.1 Å². The number of rotatable bonds is 3. The lowest BCUT2D eigenvalue weighted by Crippen LogP contribution is -2.46. The van der Waals surface area contributed by atoms with Gasteiger partial charge in [-0.05, 0) is 68.1 Å². The molecule has 11 heteroatoms. The van der Waals surface area contributed by atoms with Crippen molar-refractivity contribution in [2.75, 3.05) is 44.7 Å². The van der Waals surface area contributed by atoms with Crippen LogP contribution in [0.5, 0.6) is 17.2 Å². The number of amides is 3. The van der Waals surface area contributed by atoms with Gasteiger partial charge in [-0.15, -0.1) is 0 Å². The van der Waals surface area contributed by atoms with Crippen LogP contribution in [0.1, 0.15) is 48.0 Å². The number of carbonyl (C=O) groups excluding carboxylic acids is 3. The molecule has 1 atom stereocenters. The summed E-state index contributed by atoms with van der Waals surface area (Å²) in [6, 6.07) is 15.0. The molecule has 3 aliphatic rings. The highest BCUT2D eigenvalue weighted by atomic mass is 19.1. The van der Waals surface area contributed by atoms with E-state index in [1.165, 1.54) is 19.2 Å². The molecular weight excluding hydrogens is 565 g/mol. The van der Waals surface area contributed by atoms with Gasteiger partial charge in [0, 0.05) is 63.0 Å². The molecule has 0 aliphatic carbocycles. The van der Waals surface area contributed by atoms with Gasteiger partial charge in [-0.3, -0.25) is 14.4 Å². The molecule has 1 fully saturated rings. The summed E-state index contributed by atoms with van der Waals surface area (Å²) in [5.74, 6) is 0.474. The van der Waals surface area contributed by atoms with Crippen molar-refractivity contribution in [3.63, 3.8) is 0 Å². The maximum absolute atomic E-state index is 14.8. The molecule has 3 aliphatic heterocycles. The number of hydrogen-bond donors (Lipinski definition) is 2. The molecule has 2 N–H and O–H groups in total. The van der Waals surface area contributed by atoms with E-state index in [4.69, 9.17) is 9.47 Å². The van der Waals surface area contributed by atoms with Gasteiger partial charge in [0.2, 0.25) is 11.8 Å². The SMILES string of the molecule is COc1cc2ccc1Oc1cccc(F)c1CNC(=O)CCCN(C(=O)C1CCCN(c3ccccn3)C1)CCCNC2=O. The smallest absolute Gasteiger partial charge is 0.251 e. The summed E-state index contributed by atoms with van der Waals surface area (Å²) in [6.45, 7) is 2.54. The van der Waals surface area contributed by atoms with Crippen molar-refractivity contribution >= 4 is 23.5 Å². The number of nitrogens with one attached hydrogen (secondary N) is 2. The van der Waals surface area contributed by atoms with E-state index < -0.39 is 5.82 Å². The number of nitrogens with zero attached hydrogens (tertiary/aromatic N) is 3. The number of benzene rings is 2. The lowest BCUT2D eigenvalue weighted by Gasteiger charge is -2.35. The van der Waals surface area contributed by atoms with Gasteiger partial charge in [0.15, 0.2) is 11.5 Å². The number of anilines is 1. The molecule has 6 rings (SSSR count). The summed E-state index contributed by atoms with van der Waals surface area (Å²) in [5.41, 5.74) is 0.567. The predicted molar refractivity (Wildman–Crippen MR) is 163 cm³/mol. The number of methoxy groups -OCH3 is 1. The summed E-state index contributed by atoms with van der Waals surface area (Å²) in [4.78, 5) is 47.9. The van der Waals surface area contributed by atoms with Crippen LogP contribution in [0.15, 0.2) is 60.8 Å². The first-order valence-corrected chi connectivity index (χ1v) is 15.1. The average Bonchev–Trinajstić information content (AvgIpc) is 3.05. The minimum atomic E-state index is -0.521. The van der Waals surface area contributed by atoms with Crippen molar-refractivity contribution in [1.29, 1.82) is 0 Å². The summed E-state index contributed by atoms with van der Waals surface area (Å²) in [7, 11) is 1.46. The second-order valence-corrected chi connectivity index (χ2v) is 11.0. The van der Waals surface area contributed by atoms with E-state index in [1.54, 1.807) is 35.4 Å². The van der Waals surface area contributed by atoms with Crippen molar-refractivity contribution in [1.82, 2.24) is 20.5 Å². The second-order valence-electron chi connectivity index (χ2n) is 11.0. The number of hydrogen-bond acceptors (Lipinski definition) is 7. The Kier molecular flexibility index (Phi) is 10.3. The first kappa shape index (κ1) is 30.8. The molecule has 44 heavy (non-hydrogen) atoms. The molecule has 0 radical (unpaired) electrons. The van der Waals surface area contributed by atoms with Gasteiger partial charge in [0.25, 0.3) is 5.91 Å². The van der Waals surface area contributed by atoms with E-state index in [0.717, 1.165) is 25.2 Å². The Morgan fingerprint density at radius 2 is 1.86 bits per heavy atom.